The number of hydrogen-bond acceptors (Lipinski definition) is 1. The van der Waals surface area contributed by atoms with Gasteiger partial charge in [-0.2, -0.15) is 0 Å². The number of hydrogen-bond donors (Lipinski definition) is 1. The van der Waals surface area contributed by atoms with E-state index in [1.54, 1.807) is 0 Å². The van der Waals surface area contributed by atoms with Gasteiger partial charge in [-0.1, -0.05) is 46.3 Å². The molecule has 0 saturated carbocycles. The SMILES string of the molecule is Brc1ccc2[nH]c(Cn3cncc3-c3ccccc3)cc2c1. The molecule has 0 radical (unpaired) electrons. The largest absolute Gasteiger partial charge is 0.357 e. The Morgan fingerprint density at radius 1 is 1.05 bits per heavy atom. The summed E-state index contributed by atoms with van der Waals surface area (Å²) in [6.07, 6.45) is 3.79. The van der Waals surface area contributed by atoms with Crippen molar-refractivity contribution in [2.45, 2.75) is 6.54 Å². The van der Waals surface area contributed by atoms with Crippen LogP contribution in [-0.4, -0.2) is 14.5 Å². The minimum Gasteiger partial charge on any atom is -0.357 e. The van der Waals surface area contributed by atoms with Crippen LogP contribution in [-0.2, 0) is 6.54 Å². The lowest BCUT2D eigenvalue weighted by molar-refractivity contribution is 0.788. The summed E-state index contributed by atoms with van der Waals surface area (Å²) in [7, 11) is 0. The molecule has 0 bridgehead atoms. The van der Waals surface area contributed by atoms with E-state index >= 15 is 0 Å². The van der Waals surface area contributed by atoms with Gasteiger partial charge in [0.25, 0.3) is 0 Å². The third kappa shape index (κ3) is 2.46. The summed E-state index contributed by atoms with van der Waals surface area (Å²) in [5.74, 6) is 0. The third-order valence-corrected chi connectivity index (χ3v) is 4.25. The Bertz CT molecular complexity index is 922. The second-order valence-electron chi connectivity index (χ2n) is 5.30. The minimum absolute atomic E-state index is 0.774. The van der Waals surface area contributed by atoms with Crippen molar-refractivity contribution in [1.29, 1.82) is 0 Å². The van der Waals surface area contributed by atoms with Gasteiger partial charge < -0.3 is 9.55 Å². The number of nitrogens with zero attached hydrogens (tertiary/aromatic N) is 2. The number of imidazole rings is 1. The van der Waals surface area contributed by atoms with Crippen LogP contribution >= 0.6 is 15.9 Å². The van der Waals surface area contributed by atoms with Crippen LogP contribution in [0.2, 0.25) is 0 Å². The molecule has 2 heterocycles. The van der Waals surface area contributed by atoms with Crippen molar-refractivity contribution in [2.75, 3.05) is 0 Å². The van der Waals surface area contributed by atoms with Crippen LogP contribution in [0.5, 0.6) is 0 Å². The predicted molar refractivity (Wildman–Crippen MR) is 92.8 cm³/mol. The van der Waals surface area contributed by atoms with Crippen LogP contribution in [0.15, 0.2) is 71.6 Å². The molecule has 0 aliphatic rings. The zero-order valence-electron chi connectivity index (χ0n) is 11.8. The van der Waals surface area contributed by atoms with Gasteiger partial charge in [-0.15, -0.1) is 0 Å². The fourth-order valence-corrected chi connectivity index (χ4v) is 3.11. The van der Waals surface area contributed by atoms with Gasteiger partial charge in [0.1, 0.15) is 0 Å². The fraction of sp³-hybridized carbons (Fsp3) is 0.0556. The Balaban J connectivity index is 1.70. The highest BCUT2D eigenvalue weighted by Gasteiger charge is 2.07. The molecular weight excluding hydrogens is 338 g/mol. The molecule has 2 aromatic heterocycles. The zero-order chi connectivity index (χ0) is 14.9. The first kappa shape index (κ1) is 13.3. The number of fused-ring (bicyclic) bond motifs is 1. The number of H-pyrrole nitrogens is 1. The van der Waals surface area contributed by atoms with Crippen molar-refractivity contribution in [2.24, 2.45) is 0 Å². The average molecular weight is 352 g/mol. The predicted octanol–water partition coefficient (Wildman–Crippen LogP) is 4.84. The maximum absolute atomic E-state index is 4.30. The van der Waals surface area contributed by atoms with Crippen LogP contribution in [0.25, 0.3) is 22.2 Å². The van der Waals surface area contributed by atoms with Crippen molar-refractivity contribution >= 4 is 26.8 Å². The van der Waals surface area contributed by atoms with Crippen LogP contribution in [0, 0.1) is 0 Å². The van der Waals surface area contributed by atoms with Gasteiger partial charge in [0.15, 0.2) is 0 Å². The van der Waals surface area contributed by atoms with Crippen molar-refractivity contribution in [1.82, 2.24) is 14.5 Å². The minimum atomic E-state index is 0.774. The molecule has 4 rings (SSSR count). The average Bonchev–Trinajstić information content (AvgIpc) is 3.14. The summed E-state index contributed by atoms with van der Waals surface area (Å²) in [5, 5.41) is 1.21. The standard InChI is InChI=1S/C18H14BrN3/c19-15-6-7-17-14(8-15)9-16(21-17)11-22-12-20-10-18(22)13-4-2-1-3-5-13/h1-10,12,21H,11H2. The van der Waals surface area contributed by atoms with Crippen molar-refractivity contribution in [3.8, 4) is 11.3 Å². The first-order chi connectivity index (χ1) is 10.8. The number of aromatic nitrogens is 3. The normalized spacial score (nSPS) is 11.1. The molecule has 3 nitrogen and oxygen atoms in total. The summed E-state index contributed by atoms with van der Waals surface area (Å²) < 4.78 is 3.26. The van der Waals surface area contributed by atoms with Gasteiger partial charge in [0.05, 0.1) is 24.8 Å². The van der Waals surface area contributed by atoms with Gasteiger partial charge >= 0.3 is 0 Å². The van der Waals surface area contributed by atoms with E-state index in [-0.39, 0.29) is 0 Å². The summed E-state index contributed by atoms with van der Waals surface area (Å²) in [4.78, 5) is 7.77. The van der Waals surface area contributed by atoms with Crippen molar-refractivity contribution in [3.05, 3.63) is 77.3 Å². The molecule has 0 spiro atoms. The molecule has 0 fully saturated rings. The monoisotopic (exact) mass is 351 g/mol. The Morgan fingerprint density at radius 3 is 2.77 bits per heavy atom. The summed E-state index contributed by atoms with van der Waals surface area (Å²) in [6.45, 7) is 0.774. The van der Waals surface area contributed by atoms with Crippen LogP contribution < -0.4 is 0 Å². The van der Waals surface area contributed by atoms with Crippen LogP contribution in [0.4, 0.5) is 0 Å². The smallest absolute Gasteiger partial charge is 0.0954 e. The van der Waals surface area contributed by atoms with E-state index in [9.17, 15) is 0 Å². The quantitative estimate of drug-likeness (QED) is 0.562. The second-order valence-corrected chi connectivity index (χ2v) is 6.21. The molecule has 0 amide bonds. The molecule has 0 unspecified atom stereocenters. The lowest BCUT2D eigenvalue weighted by atomic mass is 10.2. The first-order valence-corrected chi connectivity index (χ1v) is 7.91. The van der Waals surface area contributed by atoms with E-state index in [1.807, 2.05) is 30.7 Å². The molecule has 2 aromatic carbocycles. The van der Waals surface area contributed by atoms with E-state index in [1.165, 1.54) is 16.6 Å². The Labute approximate surface area is 136 Å². The van der Waals surface area contributed by atoms with E-state index in [0.29, 0.717) is 0 Å². The molecule has 0 aliphatic carbocycles. The highest BCUT2D eigenvalue weighted by Crippen LogP contribution is 2.23. The maximum atomic E-state index is 4.30. The van der Waals surface area contributed by atoms with Crippen LogP contribution in [0.1, 0.15) is 5.69 Å². The Kier molecular flexibility index (Phi) is 3.31. The topological polar surface area (TPSA) is 33.6 Å². The first-order valence-electron chi connectivity index (χ1n) is 7.12. The Morgan fingerprint density at radius 2 is 1.91 bits per heavy atom. The van der Waals surface area contributed by atoms with E-state index in [4.69, 9.17) is 0 Å². The number of benzene rings is 2. The molecule has 108 valence electrons. The summed E-state index contributed by atoms with van der Waals surface area (Å²) in [6, 6.07) is 18.8. The van der Waals surface area contributed by atoms with E-state index in [2.05, 4.69) is 66.9 Å². The highest BCUT2D eigenvalue weighted by molar-refractivity contribution is 9.10. The zero-order valence-corrected chi connectivity index (χ0v) is 13.4. The van der Waals surface area contributed by atoms with Crippen molar-refractivity contribution < 1.29 is 0 Å². The lowest BCUT2D eigenvalue weighted by Crippen LogP contribution is -2.00. The van der Waals surface area contributed by atoms with Gasteiger partial charge in [-0.3, -0.25) is 0 Å². The third-order valence-electron chi connectivity index (χ3n) is 3.76. The number of nitrogens with one attached hydrogen (secondary N) is 1. The molecule has 4 heteroatoms. The summed E-state index contributed by atoms with van der Waals surface area (Å²) >= 11 is 3.52. The van der Waals surface area contributed by atoms with E-state index in [0.717, 1.165) is 22.2 Å². The van der Waals surface area contributed by atoms with Gasteiger partial charge in [-0.05, 0) is 29.8 Å². The fourth-order valence-electron chi connectivity index (χ4n) is 2.73. The molecule has 0 aliphatic heterocycles. The molecule has 4 aromatic rings. The van der Waals surface area contributed by atoms with E-state index < -0.39 is 0 Å². The lowest BCUT2D eigenvalue weighted by Gasteiger charge is -2.06. The number of halogens is 1. The van der Waals surface area contributed by atoms with Crippen molar-refractivity contribution in [3.63, 3.8) is 0 Å². The maximum Gasteiger partial charge on any atom is 0.0954 e. The molecular formula is C18H14BrN3. The molecule has 0 atom stereocenters. The van der Waals surface area contributed by atoms with Crippen LogP contribution in [0.3, 0.4) is 0 Å². The van der Waals surface area contributed by atoms with Gasteiger partial charge in [0.2, 0.25) is 0 Å². The number of rotatable bonds is 3. The number of aromatic amines is 1. The Hall–Kier alpha value is -2.33. The summed E-state index contributed by atoms with van der Waals surface area (Å²) in [5.41, 5.74) is 4.63. The molecule has 1 N–H and O–H groups in total. The second kappa shape index (κ2) is 5.46. The molecule has 22 heavy (non-hydrogen) atoms. The van der Waals surface area contributed by atoms with Gasteiger partial charge in [-0.25, -0.2) is 4.98 Å². The molecule has 0 saturated heterocycles. The van der Waals surface area contributed by atoms with Gasteiger partial charge in [0, 0.05) is 21.1 Å². The highest BCUT2D eigenvalue weighted by atomic mass is 79.9.